The lowest BCUT2D eigenvalue weighted by Gasteiger charge is -2.61. The molecule has 0 unspecified atom stereocenters. The molecule has 5 rings (SSSR count). The molecule has 2 saturated heterocycles. The molecule has 142 valence electrons. The summed E-state index contributed by atoms with van der Waals surface area (Å²) in [6.45, 7) is 4.32. The van der Waals surface area contributed by atoms with Gasteiger partial charge in [-0.25, -0.2) is 0 Å². The number of piperidine rings is 2. The predicted molar refractivity (Wildman–Crippen MR) is 98.9 cm³/mol. The molecule has 0 aromatic carbocycles. The number of rotatable bonds is 4. The standard InChI is InChI=1S/C21H30N2O3/c24-16-4-3-15-9-19-18-12-22(13-20(25)26)7-5-21(18,17(15)10-16)6-8-23(19)11-14-1-2-14/h10,14,18-19,24H,1-9,11-13H2,(H,25,26)/t18-,19+,21-/m0/s1. The Morgan fingerprint density at radius 2 is 2.04 bits per heavy atom. The zero-order valence-corrected chi connectivity index (χ0v) is 15.5. The molecule has 2 N–H and O–H groups in total. The van der Waals surface area contributed by atoms with Crippen LogP contribution in [-0.4, -0.2) is 64.7 Å². The van der Waals surface area contributed by atoms with E-state index in [1.54, 1.807) is 5.57 Å². The van der Waals surface area contributed by atoms with E-state index in [0.717, 1.165) is 44.7 Å². The van der Waals surface area contributed by atoms with Crippen molar-refractivity contribution in [2.24, 2.45) is 17.3 Å². The molecule has 0 amide bonds. The fourth-order valence-corrected chi connectivity index (χ4v) is 6.30. The van der Waals surface area contributed by atoms with Crippen LogP contribution in [0.4, 0.5) is 0 Å². The maximum atomic E-state index is 11.3. The molecule has 3 fully saturated rings. The first kappa shape index (κ1) is 16.8. The van der Waals surface area contributed by atoms with E-state index in [1.807, 2.05) is 0 Å². The van der Waals surface area contributed by atoms with E-state index >= 15 is 0 Å². The molecule has 1 saturated carbocycles. The Morgan fingerprint density at radius 1 is 1.23 bits per heavy atom. The van der Waals surface area contributed by atoms with Crippen molar-refractivity contribution in [2.45, 2.75) is 51.0 Å². The van der Waals surface area contributed by atoms with Gasteiger partial charge in [0, 0.05) is 31.0 Å². The van der Waals surface area contributed by atoms with Gasteiger partial charge in [-0.3, -0.25) is 14.6 Å². The van der Waals surface area contributed by atoms with Crippen LogP contribution in [0.25, 0.3) is 0 Å². The highest BCUT2D eigenvalue weighted by atomic mass is 16.4. The van der Waals surface area contributed by atoms with Gasteiger partial charge in [0.25, 0.3) is 0 Å². The average Bonchev–Trinajstić information content (AvgIpc) is 3.41. The van der Waals surface area contributed by atoms with E-state index in [9.17, 15) is 15.0 Å². The summed E-state index contributed by atoms with van der Waals surface area (Å²) < 4.78 is 0. The second-order valence-electron chi connectivity index (χ2n) is 9.25. The molecular formula is C21H30N2O3. The number of likely N-dealkylation sites (tertiary alicyclic amines) is 2. The molecule has 26 heavy (non-hydrogen) atoms. The van der Waals surface area contributed by atoms with Crippen LogP contribution >= 0.6 is 0 Å². The summed E-state index contributed by atoms with van der Waals surface area (Å²) >= 11 is 0. The molecule has 3 atom stereocenters. The molecule has 2 bridgehead atoms. The highest BCUT2D eigenvalue weighted by Crippen LogP contribution is 2.58. The average molecular weight is 358 g/mol. The Bertz CT molecular complexity index is 681. The summed E-state index contributed by atoms with van der Waals surface area (Å²) in [4.78, 5) is 16.2. The third-order valence-electron chi connectivity index (χ3n) is 7.73. The molecule has 5 aliphatic rings. The largest absolute Gasteiger partial charge is 0.512 e. The highest BCUT2D eigenvalue weighted by molar-refractivity contribution is 5.69. The molecule has 5 heteroatoms. The SMILES string of the molecule is O=C(O)CN1CC[C@]23CCN(CC4CC4)[C@H](CC4=C2C=C(O)CC4)[C@@H]3C1. The monoisotopic (exact) mass is 358 g/mol. The fourth-order valence-electron chi connectivity index (χ4n) is 6.30. The molecule has 5 nitrogen and oxygen atoms in total. The van der Waals surface area contributed by atoms with Gasteiger partial charge in [-0.05, 0) is 75.1 Å². The zero-order chi connectivity index (χ0) is 17.9. The number of nitrogens with zero attached hydrogens (tertiary/aromatic N) is 2. The Kier molecular flexibility index (Phi) is 3.94. The first-order valence-corrected chi connectivity index (χ1v) is 10.4. The first-order valence-electron chi connectivity index (χ1n) is 10.4. The van der Waals surface area contributed by atoms with Crippen LogP contribution in [0.15, 0.2) is 23.0 Å². The predicted octanol–water partition coefficient (Wildman–Crippen LogP) is 2.80. The van der Waals surface area contributed by atoms with Gasteiger partial charge in [-0.1, -0.05) is 5.57 Å². The molecule has 2 heterocycles. The van der Waals surface area contributed by atoms with Crippen molar-refractivity contribution >= 4 is 5.97 Å². The number of hydrogen-bond acceptors (Lipinski definition) is 4. The topological polar surface area (TPSA) is 64.0 Å². The molecule has 2 aliphatic heterocycles. The third-order valence-corrected chi connectivity index (χ3v) is 7.73. The Morgan fingerprint density at radius 3 is 2.81 bits per heavy atom. The number of aliphatic hydroxyl groups excluding tert-OH is 1. The fraction of sp³-hybridized carbons (Fsp3) is 0.762. The number of hydrogen-bond donors (Lipinski definition) is 2. The summed E-state index contributed by atoms with van der Waals surface area (Å²) in [7, 11) is 0. The number of carbonyl (C=O) groups is 1. The number of carboxylic acids is 1. The Balaban J connectivity index is 1.49. The van der Waals surface area contributed by atoms with E-state index in [0.29, 0.717) is 17.7 Å². The van der Waals surface area contributed by atoms with Crippen molar-refractivity contribution < 1.29 is 15.0 Å². The van der Waals surface area contributed by atoms with Gasteiger partial charge < -0.3 is 10.2 Å². The molecule has 0 aromatic heterocycles. The van der Waals surface area contributed by atoms with Gasteiger partial charge in [0.2, 0.25) is 0 Å². The quantitative estimate of drug-likeness (QED) is 0.809. The lowest BCUT2D eigenvalue weighted by molar-refractivity contribution is -0.140. The minimum absolute atomic E-state index is 0.162. The second-order valence-corrected chi connectivity index (χ2v) is 9.25. The van der Waals surface area contributed by atoms with E-state index in [2.05, 4.69) is 15.9 Å². The smallest absolute Gasteiger partial charge is 0.317 e. The lowest BCUT2D eigenvalue weighted by Crippen LogP contribution is -2.64. The Hall–Kier alpha value is -1.33. The van der Waals surface area contributed by atoms with Gasteiger partial charge in [-0.15, -0.1) is 0 Å². The summed E-state index contributed by atoms with van der Waals surface area (Å²) in [5.74, 6) is 1.23. The van der Waals surface area contributed by atoms with Crippen molar-refractivity contribution in [2.75, 3.05) is 32.7 Å². The van der Waals surface area contributed by atoms with Crippen LogP contribution in [0.3, 0.4) is 0 Å². The van der Waals surface area contributed by atoms with Gasteiger partial charge in [0.15, 0.2) is 0 Å². The van der Waals surface area contributed by atoms with Crippen molar-refractivity contribution in [3.8, 4) is 0 Å². The zero-order valence-electron chi connectivity index (χ0n) is 15.5. The normalized spacial score (nSPS) is 37.8. The van der Waals surface area contributed by atoms with Gasteiger partial charge in [0.1, 0.15) is 0 Å². The van der Waals surface area contributed by atoms with Gasteiger partial charge in [0.05, 0.1) is 12.3 Å². The van der Waals surface area contributed by atoms with Crippen LogP contribution in [0, 0.1) is 17.3 Å². The van der Waals surface area contributed by atoms with E-state index in [4.69, 9.17) is 0 Å². The number of aliphatic hydroxyl groups is 1. The van der Waals surface area contributed by atoms with Crippen molar-refractivity contribution in [1.29, 1.82) is 0 Å². The van der Waals surface area contributed by atoms with Crippen LogP contribution < -0.4 is 0 Å². The van der Waals surface area contributed by atoms with Gasteiger partial charge in [-0.2, -0.15) is 0 Å². The maximum absolute atomic E-state index is 11.3. The molecular weight excluding hydrogens is 328 g/mol. The van der Waals surface area contributed by atoms with E-state index < -0.39 is 5.97 Å². The molecule has 0 aromatic rings. The first-order chi connectivity index (χ1) is 12.5. The maximum Gasteiger partial charge on any atom is 0.317 e. The third kappa shape index (κ3) is 2.71. The molecule has 0 spiro atoms. The van der Waals surface area contributed by atoms with Crippen LogP contribution in [0.1, 0.15) is 44.9 Å². The number of aliphatic carboxylic acids is 1. The number of carboxylic acid groups (broad SMARTS) is 1. The van der Waals surface area contributed by atoms with E-state index in [-0.39, 0.29) is 12.0 Å². The Labute approximate surface area is 155 Å². The van der Waals surface area contributed by atoms with E-state index in [1.165, 1.54) is 37.9 Å². The van der Waals surface area contributed by atoms with Gasteiger partial charge >= 0.3 is 5.97 Å². The minimum atomic E-state index is -0.716. The second kappa shape index (κ2) is 6.10. The molecule has 0 radical (unpaired) electrons. The lowest BCUT2D eigenvalue weighted by atomic mass is 9.53. The molecule has 3 aliphatic carbocycles. The van der Waals surface area contributed by atoms with Crippen LogP contribution in [-0.2, 0) is 4.79 Å². The minimum Gasteiger partial charge on any atom is -0.512 e. The summed E-state index contributed by atoms with van der Waals surface area (Å²) in [5.41, 5.74) is 3.18. The summed E-state index contributed by atoms with van der Waals surface area (Å²) in [6, 6.07) is 0.563. The summed E-state index contributed by atoms with van der Waals surface area (Å²) in [6.07, 6.45) is 10.00. The highest BCUT2D eigenvalue weighted by Gasteiger charge is 2.56. The van der Waals surface area contributed by atoms with Crippen molar-refractivity contribution in [3.05, 3.63) is 23.0 Å². The number of allylic oxidation sites excluding steroid dienone is 3. The van der Waals surface area contributed by atoms with Crippen LogP contribution in [0.5, 0.6) is 0 Å². The summed E-state index contributed by atoms with van der Waals surface area (Å²) in [5, 5.41) is 19.5. The van der Waals surface area contributed by atoms with Crippen molar-refractivity contribution in [1.82, 2.24) is 9.80 Å². The van der Waals surface area contributed by atoms with Crippen LogP contribution in [0.2, 0.25) is 0 Å². The van der Waals surface area contributed by atoms with Crippen molar-refractivity contribution in [3.63, 3.8) is 0 Å².